The van der Waals surface area contributed by atoms with Gasteiger partial charge in [-0.05, 0) is 36.8 Å². The fraction of sp³-hybridized carbons (Fsp3) is 0.200. The summed E-state index contributed by atoms with van der Waals surface area (Å²) in [7, 11) is 0. The Morgan fingerprint density at radius 1 is 1.48 bits per heavy atom. The van der Waals surface area contributed by atoms with Crippen molar-refractivity contribution < 1.29 is 13.9 Å². The second-order valence-electron chi connectivity index (χ2n) is 4.44. The lowest BCUT2D eigenvalue weighted by atomic mass is 10.1. The summed E-state index contributed by atoms with van der Waals surface area (Å²) >= 11 is 5.81. The summed E-state index contributed by atoms with van der Waals surface area (Å²) in [6.45, 7) is 1.65. The molecule has 1 atom stereocenters. The van der Waals surface area contributed by atoms with Crippen molar-refractivity contribution in [1.82, 2.24) is 10.3 Å². The first-order valence-electron chi connectivity index (χ1n) is 6.33. The highest BCUT2D eigenvalue weighted by atomic mass is 35.5. The molecular formula is C15H14ClFN2O2. The van der Waals surface area contributed by atoms with Gasteiger partial charge in [0.1, 0.15) is 11.6 Å². The molecule has 1 aromatic heterocycles. The van der Waals surface area contributed by atoms with E-state index in [1.165, 1.54) is 12.1 Å². The molecule has 1 unspecified atom stereocenters. The van der Waals surface area contributed by atoms with Gasteiger partial charge in [0.25, 0.3) is 5.91 Å². The Morgan fingerprint density at radius 2 is 2.29 bits per heavy atom. The topological polar surface area (TPSA) is 51.2 Å². The van der Waals surface area contributed by atoms with Crippen LogP contribution in [0.1, 0.15) is 18.5 Å². The van der Waals surface area contributed by atoms with Gasteiger partial charge in [-0.15, -0.1) is 0 Å². The highest BCUT2D eigenvalue weighted by Crippen LogP contribution is 2.24. The largest absolute Gasteiger partial charge is 0.482 e. The average Bonchev–Trinajstić information content (AvgIpc) is 2.47. The van der Waals surface area contributed by atoms with Crippen molar-refractivity contribution in [3.63, 3.8) is 0 Å². The zero-order valence-corrected chi connectivity index (χ0v) is 12.1. The molecule has 0 saturated carbocycles. The number of carbonyl (C=O) groups is 1. The second kappa shape index (κ2) is 7.04. The third kappa shape index (κ3) is 4.43. The molecule has 0 aliphatic rings. The minimum atomic E-state index is -0.456. The Labute approximate surface area is 126 Å². The number of nitrogens with zero attached hydrogens (tertiary/aromatic N) is 1. The first kappa shape index (κ1) is 15.3. The summed E-state index contributed by atoms with van der Waals surface area (Å²) in [4.78, 5) is 15.8. The molecule has 0 aliphatic carbocycles. The van der Waals surface area contributed by atoms with E-state index in [1.54, 1.807) is 18.5 Å². The molecule has 0 radical (unpaired) electrons. The maximum atomic E-state index is 12.9. The maximum absolute atomic E-state index is 12.9. The number of rotatable bonds is 5. The molecule has 21 heavy (non-hydrogen) atoms. The number of pyridine rings is 1. The van der Waals surface area contributed by atoms with Crippen molar-refractivity contribution in [3.8, 4) is 5.75 Å². The van der Waals surface area contributed by atoms with E-state index in [0.29, 0.717) is 0 Å². The maximum Gasteiger partial charge on any atom is 0.258 e. The van der Waals surface area contributed by atoms with Gasteiger partial charge in [0, 0.05) is 12.4 Å². The van der Waals surface area contributed by atoms with Gasteiger partial charge in [0.15, 0.2) is 6.61 Å². The molecule has 2 aromatic rings. The first-order chi connectivity index (χ1) is 10.1. The molecule has 1 amide bonds. The molecule has 6 heteroatoms. The van der Waals surface area contributed by atoms with Crippen LogP contribution in [0.2, 0.25) is 5.02 Å². The van der Waals surface area contributed by atoms with Gasteiger partial charge in [-0.2, -0.15) is 0 Å². The van der Waals surface area contributed by atoms with Crippen LogP contribution in [-0.2, 0) is 4.79 Å². The highest BCUT2D eigenvalue weighted by molar-refractivity contribution is 6.32. The monoisotopic (exact) mass is 308 g/mol. The Bertz CT molecular complexity index is 622. The molecule has 1 N–H and O–H groups in total. The summed E-state index contributed by atoms with van der Waals surface area (Å²) in [5.74, 6) is -0.490. The Kier molecular flexibility index (Phi) is 5.11. The average molecular weight is 309 g/mol. The third-order valence-electron chi connectivity index (χ3n) is 2.81. The number of hydrogen-bond donors (Lipinski definition) is 1. The molecule has 110 valence electrons. The van der Waals surface area contributed by atoms with Gasteiger partial charge >= 0.3 is 0 Å². The first-order valence-corrected chi connectivity index (χ1v) is 6.71. The number of aromatic nitrogens is 1. The number of nitrogens with one attached hydrogen (secondary N) is 1. The lowest BCUT2D eigenvalue weighted by Crippen LogP contribution is -2.31. The van der Waals surface area contributed by atoms with E-state index in [0.717, 1.165) is 11.6 Å². The Hall–Kier alpha value is -2.14. The van der Waals surface area contributed by atoms with E-state index >= 15 is 0 Å². The fourth-order valence-corrected chi connectivity index (χ4v) is 1.96. The van der Waals surface area contributed by atoms with Crippen LogP contribution < -0.4 is 10.1 Å². The summed E-state index contributed by atoms with van der Waals surface area (Å²) in [6.07, 6.45) is 3.35. The Balaban J connectivity index is 1.87. The van der Waals surface area contributed by atoms with Gasteiger partial charge in [0.05, 0.1) is 11.1 Å². The molecule has 1 aromatic carbocycles. The van der Waals surface area contributed by atoms with Crippen molar-refractivity contribution >= 4 is 17.5 Å². The normalized spacial score (nSPS) is 11.8. The van der Waals surface area contributed by atoms with E-state index in [2.05, 4.69) is 10.3 Å². The fourth-order valence-electron chi connectivity index (χ4n) is 1.73. The molecule has 0 bridgehead atoms. The molecule has 0 spiro atoms. The summed E-state index contributed by atoms with van der Waals surface area (Å²) in [5, 5.41) is 2.90. The van der Waals surface area contributed by atoms with E-state index in [-0.39, 0.29) is 29.3 Å². The van der Waals surface area contributed by atoms with Crippen LogP contribution in [0.15, 0.2) is 42.7 Å². The highest BCUT2D eigenvalue weighted by Gasteiger charge is 2.11. The minimum Gasteiger partial charge on any atom is -0.482 e. The smallest absolute Gasteiger partial charge is 0.258 e. The van der Waals surface area contributed by atoms with Crippen LogP contribution in [0.5, 0.6) is 5.75 Å². The molecule has 0 aliphatic heterocycles. The van der Waals surface area contributed by atoms with Crippen LogP contribution in [0.3, 0.4) is 0 Å². The zero-order chi connectivity index (χ0) is 15.2. The van der Waals surface area contributed by atoms with E-state index in [1.807, 2.05) is 13.0 Å². The predicted molar refractivity (Wildman–Crippen MR) is 77.7 cm³/mol. The van der Waals surface area contributed by atoms with Crippen LogP contribution in [0.4, 0.5) is 4.39 Å². The van der Waals surface area contributed by atoms with Crippen LogP contribution >= 0.6 is 11.6 Å². The molecule has 1 heterocycles. The number of ether oxygens (including phenoxy) is 1. The van der Waals surface area contributed by atoms with Crippen molar-refractivity contribution in [2.75, 3.05) is 6.61 Å². The van der Waals surface area contributed by atoms with Crippen LogP contribution in [0, 0.1) is 5.82 Å². The zero-order valence-electron chi connectivity index (χ0n) is 11.3. The molecular weight excluding hydrogens is 295 g/mol. The molecule has 4 nitrogen and oxygen atoms in total. The SMILES string of the molecule is CC(NC(=O)COc1ccc(F)cc1Cl)c1cccnc1. The van der Waals surface area contributed by atoms with E-state index < -0.39 is 5.82 Å². The van der Waals surface area contributed by atoms with Gasteiger partial charge in [-0.1, -0.05) is 17.7 Å². The van der Waals surface area contributed by atoms with E-state index in [9.17, 15) is 9.18 Å². The number of benzene rings is 1. The second-order valence-corrected chi connectivity index (χ2v) is 4.85. The summed E-state index contributed by atoms with van der Waals surface area (Å²) < 4.78 is 18.1. The Morgan fingerprint density at radius 3 is 2.95 bits per heavy atom. The number of halogens is 2. The summed E-state index contributed by atoms with van der Waals surface area (Å²) in [6, 6.07) is 7.22. The number of carbonyl (C=O) groups excluding carboxylic acids is 1. The van der Waals surface area contributed by atoms with Gasteiger partial charge in [-0.3, -0.25) is 9.78 Å². The van der Waals surface area contributed by atoms with Crippen molar-refractivity contribution in [2.45, 2.75) is 13.0 Å². The lowest BCUT2D eigenvalue weighted by molar-refractivity contribution is -0.123. The number of amides is 1. The molecule has 0 fully saturated rings. The minimum absolute atomic E-state index is 0.128. The van der Waals surface area contributed by atoms with Gasteiger partial charge in [0.2, 0.25) is 0 Å². The summed E-state index contributed by atoms with van der Waals surface area (Å²) in [5.41, 5.74) is 0.894. The molecule has 2 rings (SSSR count). The van der Waals surface area contributed by atoms with Crippen molar-refractivity contribution in [1.29, 1.82) is 0 Å². The van der Waals surface area contributed by atoms with Crippen LogP contribution in [0.25, 0.3) is 0 Å². The quantitative estimate of drug-likeness (QED) is 0.923. The van der Waals surface area contributed by atoms with E-state index in [4.69, 9.17) is 16.3 Å². The van der Waals surface area contributed by atoms with Crippen molar-refractivity contribution in [2.24, 2.45) is 0 Å². The molecule has 0 saturated heterocycles. The third-order valence-corrected chi connectivity index (χ3v) is 3.11. The lowest BCUT2D eigenvalue weighted by Gasteiger charge is -2.14. The van der Waals surface area contributed by atoms with Gasteiger partial charge in [-0.25, -0.2) is 4.39 Å². The van der Waals surface area contributed by atoms with Gasteiger partial charge < -0.3 is 10.1 Å². The van der Waals surface area contributed by atoms with Crippen LogP contribution in [-0.4, -0.2) is 17.5 Å². The number of hydrogen-bond acceptors (Lipinski definition) is 3. The predicted octanol–water partition coefficient (Wildman–Crippen LogP) is 3.13. The standard InChI is InChI=1S/C15H14ClFN2O2/c1-10(11-3-2-6-18-8-11)19-15(20)9-21-14-5-4-12(17)7-13(14)16/h2-8,10H,9H2,1H3,(H,19,20). The van der Waals surface area contributed by atoms with Crippen molar-refractivity contribution in [3.05, 3.63) is 59.1 Å².